The molecular weight excluding hydrogens is 198 g/mol. The Morgan fingerprint density at radius 3 is 2.62 bits per heavy atom. The van der Waals surface area contributed by atoms with E-state index >= 15 is 0 Å². The molecule has 3 nitrogen and oxygen atoms in total. The van der Waals surface area contributed by atoms with Gasteiger partial charge in [0.25, 0.3) is 0 Å². The van der Waals surface area contributed by atoms with Gasteiger partial charge in [-0.15, -0.1) is 0 Å². The van der Waals surface area contributed by atoms with Gasteiger partial charge < -0.3 is 10.3 Å². The predicted molar refractivity (Wildman–Crippen MR) is 67.2 cm³/mol. The van der Waals surface area contributed by atoms with Crippen LogP contribution in [0.25, 0.3) is 11.0 Å². The number of aromatic nitrogens is 2. The summed E-state index contributed by atoms with van der Waals surface area (Å²) in [6.45, 7) is 6.33. The zero-order valence-corrected chi connectivity index (χ0v) is 10.4. The van der Waals surface area contributed by atoms with Crippen molar-refractivity contribution >= 4 is 11.0 Å². The maximum Gasteiger partial charge on any atom is 0.126 e. The number of hydrogen-bond donors (Lipinski definition) is 1. The van der Waals surface area contributed by atoms with E-state index < -0.39 is 0 Å². The van der Waals surface area contributed by atoms with E-state index in [2.05, 4.69) is 48.5 Å². The minimum atomic E-state index is -0.00212. The lowest BCUT2D eigenvalue weighted by atomic mass is 10.1. The van der Waals surface area contributed by atoms with Crippen LogP contribution in [0.5, 0.6) is 0 Å². The van der Waals surface area contributed by atoms with Crippen LogP contribution in [-0.2, 0) is 7.05 Å². The van der Waals surface area contributed by atoms with E-state index in [9.17, 15) is 0 Å². The Hall–Kier alpha value is -1.35. The van der Waals surface area contributed by atoms with Crippen molar-refractivity contribution in [2.24, 2.45) is 18.7 Å². The number of imidazole rings is 1. The molecule has 2 N–H and O–H groups in total. The second-order valence-electron chi connectivity index (χ2n) is 4.79. The minimum absolute atomic E-state index is 0.00212. The van der Waals surface area contributed by atoms with Crippen LogP contribution in [-0.4, -0.2) is 9.55 Å². The molecule has 0 saturated heterocycles. The van der Waals surface area contributed by atoms with Crippen molar-refractivity contribution in [3.05, 3.63) is 29.6 Å². The molecule has 0 saturated carbocycles. The van der Waals surface area contributed by atoms with Crippen molar-refractivity contribution in [1.82, 2.24) is 9.55 Å². The number of rotatable bonds is 2. The Bertz CT molecular complexity index is 511. The average molecular weight is 217 g/mol. The van der Waals surface area contributed by atoms with Crippen LogP contribution in [0.15, 0.2) is 18.2 Å². The van der Waals surface area contributed by atoms with Crippen LogP contribution < -0.4 is 5.73 Å². The van der Waals surface area contributed by atoms with Gasteiger partial charge in [0, 0.05) is 7.05 Å². The fourth-order valence-corrected chi connectivity index (χ4v) is 1.91. The molecule has 2 aromatic rings. The molecule has 16 heavy (non-hydrogen) atoms. The normalized spacial score (nSPS) is 13.6. The number of aryl methyl sites for hydroxylation is 2. The molecule has 1 heterocycles. The highest BCUT2D eigenvalue weighted by atomic mass is 15.1. The van der Waals surface area contributed by atoms with Crippen molar-refractivity contribution in [1.29, 1.82) is 0 Å². The molecule has 86 valence electrons. The van der Waals surface area contributed by atoms with E-state index in [1.54, 1.807) is 0 Å². The van der Waals surface area contributed by atoms with Gasteiger partial charge in [0.2, 0.25) is 0 Å². The van der Waals surface area contributed by atoms with Gasteiger partial charge >= 0.3 is 0 Å². The Morgan fingerprint density at radius 2 is 2.00 bits per heavy atom. The summed E-state index contributed by atoms with van der Waals surface area (Å²) in [6, 6.07) is 6.29. The zero-order valence-electron chi connectivity index (χ0n) is 10.4. The minimum Gasteiger partial charge on any atom is -0.330 e. The fourth-order valence-electron chi connectivity index (χ4n) is 1.91. The van der Waals surface area contributed by atoms with Crippen LogP contribution >= 0.6 is 0 Å². The number of hydrogen-bond acceptors (Lipinski definition) is 2. The van der Waals surface area contributed by atoms with Crippen LogP contribution in [0.3, 0.4) is 0 Å². The molecule has 0 aliphatic heterocycles. The third-order valence-electron chi connectivity index (χ3n) is 3.09. The molecule has 1 aromatic heterocycles. The largest absolute Gasteiger partial charge is 0.330 e. The number of nitrogens with two attached hydrogens (primary N) is 1. The van der Waals surface area contributed by atoms with E-state index in [1.165, 1.54) is 5.56 Å². The third kappa shape index (κ3) is 1.71. The van der Waals surface area contributed by atoms with Gasteiger partial charge in [0.05, 0.1) is 17.1 Å². The Kier molecular flexibility index (Phi) is 2.72. The highest BCUT2D eigenvalue weighted by Crippen LogP contribution is 2.23. The second kappa shape index (κ2) is 3.91. The molecular formula is C13H19N3. The lowest BCUT2D eigenvalue weighted by Gasteiger charge is -2.14. The van der Waals surface area contributed by atoms with Gasteiger partial charge in [0.1, 0.15) is 5.82 Å². The molecule has 3 heteroatoms. The van der Waals surface area contributed by atoms with Crippen molar-refractivity contribution in [2.45, 2.75) is 26.8 Å². The van der Waals surface area contributed by atoms with E-state index in [1.807, 2.05) is 7.05 Å². The summed E-state index contributed by atoms with van der Waals surface area (Å²) < 4.78 is 2.10. The second-order valence-corrected chi connectivity index (χ2v) is 4.79. The summed E-state index contributed by atoms with van der Waals surface area (Å²) in [6.07, 6.45) is 0. The lowest BCUT2D eigenvalue weighted by molar-refractivity contribution is 0.480. The smallest absolute Gasteiger partial charge is 0.126 e. The molecule has 0 aliphatic rings. The van der Waals surface area contributed by atoms with E-state index in [0.717, 1.165) is 16.9 Å². The zero-order chi connectivity index (χ0) is 11.9. The Labute approximate surface area is 96.3 Å². The van der Waals surface area contributed by atoms with Crippen LogP contribution in [0.1, 0.15) is 31.3 Å². The first-order valence-electron chi connectivity index (χ1n) is 5.69. The Balaban J connectivity index is 2.60. The van der Waals surface area contributed by atoms with Gasteiger partial charge in [-0.2, -0.15) is 0 Å². The maximum atomic E-state index is 6.16. The van der Waals surface area contributed by atoms with Crippen molar-refractivity contribution in [3.63, 3.8) is 0 Å². The number of fused-ring (bicyclic) bond motifs is 1. The van der Waals surface area contributed by atoms with Gasteiger partial charge in [-0.25, -0.2) is 4.98 Å². The molecule has 0 bridgehead atoms. The Morgan fingerprint density at radius 1 is 1.31 bits per heavy atom. The van der Waals surface area contributed by atoms with Crippen LogP contribution in [0.4, 0.5) is 0 Å². The summed E-state index contributed by atoms with van der Waals surface area (Å²) in [4.78, 5) is 4.61. The first kappa shape index (κ1) is 11.1. The lowest BCUT2D eigenvalue weighted by Crippen LogP contribution is -2.20. The number of benzene rings is 1. The summed E-state index contributed by atoms with van der Waals surface area (Å²) in [5, 5.41) is 0. The highest BCUT2D eigenvalue weighted by molar-refractivity contribution is 5.76. The molecule has 0 aliphatic carbocycles. The summed E-state index contributed by atoms with van der Waals surface area (Å²) in [7, 11) is 2.03. The van der Waals surface area contributed by atoms with Gasteiger partial charge in [-0.3, -0.25) is 0 Å². The van der Waals surface area contributed by atoms with Crippen molar-refractivity contribution in [3.8, 4) is 0 Å². The standard InChI is InChI=1S/C13H19N3/c1-8(2)12(14)13-15-10-6-5-9(3)7-11(10)16(13)4/h5-8,12H,14H2,1-4H3/t12-/m0/s1. The first-order chi connectivity index (χ1) is 7.50. The summed E-state index contributed by atoms with van der Waals surface area (Å²) in [5.41, 5.74) is 9.59. The van der Waals surface area contributed by atoms with E-state index in [-0.39, 0.29) is 6.04 Å². The molecule has 0 amide bonds. The molecule has 0 spiro atoms. The van der Waals surface area contributed by atoms with Crippen LogP contribution in [0.2, 0.25) is 0 Å². The van der Waals surface area contributed by atoms with E-state index in [4.69, 9.17) is 5.73 Å². The summed E-state index contributed by atoms with van der Waals surface area (Å²) in [5.74, 6) is 1.37. The van der Waals surface area contributed by atoms with Gasteiger partial charge in [-0.1, -0.05) is 19.9 Å². The molecule has 1 aromatic carbocycles. The quantitative estimate of drug-likeness (QED) is 0.840. The third-order valence-corrected chi connectivity index (χ3v) is 3.09. The maximum absolute atomic E-state index is 6.16. The molecule has 1 atom stereocenters. The molecule has 0 unspecified atom stereocenters. The molecule has 2 rings (SSSR count). The number of nitrogens with zero attached hydrogens (tertiary/aromatic N) is 2. The van der Waals surface area contributed by atoms with E-state index in [0.29, 0.717) is 5.92 Å². The van der Waals surface area contributed by atoms with Gasteiger partial charge in [0.15, 0.2) is 0 Å². The summed E-state index contributed by atoms with van der Waals surface area (Å²) >= 11 is 0. The fraction of sp³-hybridized carbons (Fsp3) is 0.462. The topological polar surface area (TPSA) is 43.8 Å². The molecule has 0 radical (unpaired) electrons. The average Bonchev–Trinajstić information content (AvgIpc) is 2.55. The van der Waals surface area contributed by atoms with Crippen molar-refractivity contribution in [2.75, 3.05) is 0 Å². The van der Waals surface area contributed by atoms with Gasteiger partial charge in [-0.05, 0) is 30.5 Å². The van der Waals surface area contributed by atoms with Crippen molar-refractivity contribution < 1.29 is 0 Å². The molecule has 0 fully saturated rings. The SMILES string of the molecule is Cc1ccc2nc([C@@H](N)C(C)C)n(C)c2c1. The predicted octanol–water partition coefficient (Wildman–Crippen LogP) is 2.54. The van der Waals surface area contributed by atoms with Crippen LogP contribution in [0, 0.1) is 12.8 Å². The monoisotopic (exact) mass is 217 g/mol. The highest BCUT2D eigenvalue weighted by Gasteiger charge is 2.17. The first-order valence-corrected chi connectivity index (χ1v) is 5.69.